The third kappa shape index (κ3) is 2.94. The van der Waals surface area contributed by atoms with E-state index in [2.05, 4.69) is 20.8 Å². The minimum atomic E-state index is -0.126. The molecule has 1 aliphatic heterocycles. The van der Waals surface area contributed by atoms with Gasteiger partial charge in [-0.3, -0.25) is 4.79 Å². The zero-order valence-electron chi connectivity index (χ0n) is 10.8. The summed E-state index contributed by atoms with van der Waals surface area (Å²) in [6.45, 7) is 1.51. The third-order valence-corrected chi connectivity index (χ3v) is 2.93. The van der Waals surface area contributed by atoms with Gasteiger partial charge >= 0.3 is 0 Å². The summed E-state index contributed by atoms with van der Waals surface area (Å²) in [5, 5.41) is 9.61. The zero-order chi connectivity index (χ0) is 13.8. The Hall–Kier alpha value is -2.41. The van der Waals surface area contributed by atoms with E-state index in [1.54, 1.807) is 0 Å². The van der Waals surface area contributed by atoms with Gasteiger partial charge in [0.25, 0.3) is 5.91 Å². The highest BCUT2D eigenvalue weighted by molar-refractivity contribution is 5.95. The van der Waals surface area contributed by atoms with E-state index in [1.807, 2.05) is 18.2 Å². The van der Waals surface area contributed by atoms with Crippen LogP contribution in [0.4, 0.5) is 5.69 Å². The van der Waals surface area contributed by atoms with Gasteiger partial charge in [0, 0.05) is 19.5 Å². The predicted molar refractivity (Wildman–Crippen MR) is 70.3 cm³/mol. The topological polar surface area (TPSA) is 89.3 Å². The van der Waals surface area contributed by atoms with Crippen molar-refractivity contribution in [1.29, 1.82) is 0 Å². The summed E-state index contributed by atoms with van der Waals surface area (Å²) < 4.78 is 10.2. The lowest BCUT2D eigenvalue weighted by molar-refractivity contribution is -0.118. The Balaban J connectivity index is 1.53. The van der Waals surface area contributed by atoms with E-state index in [9.17, 15) is 4.79 Å². The van der Waals surface area contributed by atoms with E-state index in [0.29, 0.717) is 24.6 Å². The molecular formula is C13H14N4O3. The Bertz CT molecular complexity index is 598. The van der Waals surface area contributed by atoms with Crippen molar-refractivity contribution in [3.05, 3.63) is 36.0 Å². The second kappa shape index (κ2) is 5.70. The number of fused-ring (bicyclic) bond motifs is 1. The zero-order valence-corrected chi connectivity index (χ0v) is 10.8. The molecule has 0 atom stereocenters. The molecule has 0 saturated carbocycles. The quantitative estimate of drug-likeness (QED) is 0.781. The lowest BCUT2D eigenvalue weighted by Crippen LogP contribution is -2.25. The van der Waals surface area contributed by atoms with Crippen molar-refractivity contribution in [2.24, 2.45) is 0 Å². The summed E-state index contributed by atoms with van der Waals surface area (Å²) in [5.74, 6) is 1.20. The van der Waals surface area contributed by atoms with E-state index >= 15 is 0 Å². The third-order valence-electron chi connectivity index (χ3n) is 2.93. The summed E-state index contributed by atoms with van der Waals surface area (Å²) in [7, 11) is 0. The van der Waals surface area contributed by atoms with Gasteiger partial charge in [-0.25, -0.2) is 0 Å². The van der Waals surface area contributed by atoms with Crippen LogP contribution in [0.25, 0.3) is 0 Å². The maximum atomic E-state index is 11.3. The van der Waals surface area contributed by atoms with Crippen LogP contribution >= 0.6 is 0 Å². The van der Waals surface area contributed by atoms with Crippen LogP contribution in [0.2, 0.25) is 0 Å². The number of hydrogen-bond donors (Lipinski definition) is 2. The average Bonchev–Trinajstić information content (AvgIpc) is 2.96. The molecule has 0 fully saturated rings. The van der Waals surface area contributed by atoms with Gasteiger partial charge < -0.3 is 19.9 Å². The Kier molecular flexibility index (Phi) is 3.60. The van der Waals surface area contributed by atoms with Gasteiger partial charge in [-0.15, -0.1) is 0 Å². The van der Waals surface area contributed by atoms with Crippen molar-refractivity contribution in [3.63, 3.8) is 0 Å². The van der Waals surface area contributed by atoms with Gasteiger partial charge in [-0.2, -0.15) is 4.98 Å². The van der Waals surface area contributed by atoms with Gasteiger partial charge in [0.05, 0.1) is 5.69 Å². The number of amides is 1. The fourth-order valence-electron chi connectivity index (χ4n) is 1.97. The molecule has 7 nitrogen and oxygen atoms in total. The number of carbonyl (C=O) groups excluding carboxylic acids is 1. The SMILES string of the molecule is O=C1COc2ccc(CNCCc3ncno3)cc2N1. The second-order valence-corrected chi connectivity index (χ2v) is 4.43. The van der Waals surface area contributed by atoms with E-state index in [1.165, 1.54) is 6.33 Å². The summed E-state index contributed by atoms with van der Waals surface area (Å²) >= 11 is 0. The first-order valence-electron chi connectivity index (χ1n) is 6.33. The van der Waals surface area contributed by atoms with Crippen LogP contribution in [0, 0.1) is 0 Å². The van der Waals surface area contributed by atoms with Crippen LogP contribution in [0.15, 0.2) is 29.0 Å². The van der Waals surface area contributed by atoms with Crippen molar-refractivity contribution in [3.8, 4) is 5.75 Å². The van der Waals surface area contributed by atoms with E-state index in [0.717, 1.165) is 17.8 Å². The average molecular weight is 274 g/mol. The molecule has 7 heteroatoms. The maximum Gasteiger partial charge on any atom is 0.262 e. The minimum absolute atomic E-state index is 0.0782. The maximum absolute atomic E-state index is 11.3. The number of aromatic nitrogens is 2. The molecule has 0 radical (unpaired) electrons. The molecule has 1 aromatic carbocycles. The summed E-state index contributed by atoms with van der Waals surface area (Å²) in [5.41, 5.74) is 1.79. The fourth-order valence-corrected chi connectivity index (χ4v) is 1.97. The van der Waals surface area contributed by atoms with Gasteiger partial charge in [0.2, 0.25) is 5.89 Å². The molecule has 1 aliphatic rings. The summed E-state index contributed by atoms with van der Waals surface area (Å²) in [6.07, 6.45) is 2.08. The van der Waals surface area contributed by atoms with Gasteiger partial charge in [0.1, 0.15) is 5.75 Å². The minimum Gasteiger partial charge on any atom is -0.482 e. The fraction of sp³-hybridized carbons (Fsp3) is 0.308. The van der Waals surface area contributed by atoms with Crippen LogP contribution in [-0.2, 0) is 17.8 Å². The molecule has 20 heavy (non-hydrogen) atoms. The highest BCUT2D eigenvalue weighted by Gasteiger charge is 2.15. The van der Waals surface area contributed by atoms with Gasteiger partial charge in [-0.05, 0) is 17.7 Å². The van der Waals surface area contributed by atoms with Gasteiger partial charge in [-0.1, -0.05) is 11.2 Å². The molecule has 0 aliphatic carbocycles. The van der Waals surface area contributed by atoms with Crippen molar-refractivity contribution in [1.82, 2.24) is 15.5 Å². The molecule has 0 saturated heterocycles. The highest BCUT2D eigenvalue weighted by Crippen LogP contribution is 2.28. The summed E-state index contributed by atoms with van der Waals surface area (Å²) in [6, 6.07) is 5.74. The molecule has 2 heterocycles. The number of benzene rings is 1. The lowest BCUT2D eigenvalue weighted by Gasteiger charge is -2.18. The molecule has 104 valence electrons. The van der Waals surface area contributed by atoms with E-state index in [-0.39, 0.29) is 12.5 Å². The smallest absolute Gasteiger partial charge is 0.262 e. The molecule has 3 rings (SSSR count). The van der Waals surface area contributed by atoms with Crippen LogP contribution in [0.1, 0.15) is 11.5 Å². The number of nitrogens with one attached hydrogen (secondary N) is 2. The normalized spacial score (nSPS) is 13.5. The number of hydrogen-bond acceptors (Lipinski definition) is 6. The van der Waals surface area contributed by atoms with E-state index < -0.39 is 0 Å². The molecule has 0 unspecified atom stereocenters. The number of carbonyl (C=O) groups is 1. The molecular weight excluding hydrogens is 260 g/mol. The number of rotatable bonds is 5. The van der Waals surface area contributed by atoms with Crippen molar-refractivity contribution >= 4 is 11.6 Å². The molecule has 1 amide bonds. The standard InChI is InChI=1S/C13H14N4O3/c18-12-7-19-11-2-1-9(5-10(11)17-12)6-14-4-3-13-15-8-16-20-13/h1-2,5,8,14H,3-4,6-7H2,(H,17,18). The summed E-state index contributed by atoms with van der Waals surface area (Å²) in [4.78, 5) is 15.2. The Labute approximate surface area is 115 Å². The van der Waals surface area contributed by atoms with Crippen LogP contribution < -0.4 is 15.4 Å². The molecule has 2 aromatic rings. The van der Waals surface area contributed by atoms with Crippen molar-refractivity contribution < 1.29 is 14.1 Å². The highest BCUT2D eigenvalue weighted by atomic mass is 16.5. The Morgan fingerprint density at radius 3 is 3.20 bits per heavy atom. The van der Waals surface area contributed by atoms with Crippen LogP contribution in [-0.4, -0.2) is 29.2 Å². The molecule has 1 aromatic heterocycles. The Morgan fingerprint density at radius 1 is 1.40 bits per heavy atom. The predicted octanol–water partition coefficient (Wildman–Crippen LogP) is 0.733. The first kappa shape index (κ1) is 12.6. The van der Waals surface area contributed by atoms with Crippen molar-refractivity contribution in [2.75, 3.05) is 18.5 Å². The largest absolute Gasteiger partial charge is 0.482 e. The monoisotopic (exact) mass is 274 g/mol. The molecule has 0 spiro atoms. The first-order chi connectivity index (χ1) is 9.81. The molecule has 0 bridgehead atoms. The second-order valence-electron chi connectivity index (χ2n) is 4.43. The van der Waals surface area contributed by atoms with Crippen molar-refractivity contribution in [2.45, 2.75) is 13.0 Å². The number of nitrogens with zero attached hydrogens (tertiary/aromatic N) is 2. The number of ether oxygens (including phenoxy) is 1. The van der Waals surface area contributed by atoms with Gasteiger partial charge in [0.15, 0.2) is 12.9 Å². The van der Waals surface area contributed by atoms with Crippen LogP contribution in [0.3, 0.4) is 0 Å². The first-order valence-corrected chi connectivity index (χ1v) is 6.33. The molecule has 2 N–H and O–H groups in total. The Morgan fingerprint density at radius 2 is 2.35 bits per heavy atom. The van der Waals surface area contributed by atoms with Crippen LogP contribution in [0.5, 0.6) is 5.75 Å². The van der Waals surface area contributed by atoms with E-state index in [4.69, 9.17) is 9.26 Å². The number of anilines is 1. The lowest BCUT2D eigenvalue weighted by atomic mass is 10.1.